The van der Waals surface area contributed by atoms with Crippen LogP contribution in [0.3, 0.4) is 0 Å². The average Bonchev–Trinajstić information content (AvgIpc) is 2.15. The maximum absolute atomic E-state index is 12.2. The van der Waals surface area contributed by atoms with Crippen LogP contribution in [0.25, 0.3) is 0 Å². The molecule has 16 heavy (non-hydrogen) atoms. The molecule has 5 heteroatoms. The van der Waals surface area contributed by atoms with Crippen LogP contribution in [0.5, 0.6) is 0 Å². The molecule has 0 heterocycles. The van der Waals surface area contributed by atoms with Gasteiger partial charge in [-0.25, -0.2) is 8.42 Å². The van der Waals surface area contributed by atoms with Gasteiger partial charge in [0.1, 0.15) is 4.90 Å². The minimum atomic E-state index is -3.48. The molecule has 1 aromatic rings. The van der Waals surface area contributed by atoms with Crippen LogP contribution in [0.15, 0.2) is 23.1 Å². The molecular weight excluding hydrogens is 224 g/mol. The first-order chi connectivity index (χ1) is 7.26. The summed E-state index contributed by atoms with van der Waals surface area (Å²) in [6.45, 7) is 5.52. The van der Waals surface area contributed by atoms with Gasteiger partial charge in [-0.05, 0) is 38.5 Å². The zero-order valence-electron chi connectivity index (χ0n) is 10.1. The number of sulfonamides is 1. The largest absolute Gasteiger partial charge is 0.398 e. The molecule has 0 bridgehead atoms. The second kappa shape index (κ2) is 4.43. The average molecular weight is 242 g/mol. The quantitative estimate of drug-likeness (QED) is 0.819. The maximum Gasteiger partial charge on any atom is 0.245 e. The van der Waals surface area contributed by atoms with Crippen LogP contribution in [-0.2, 0) is 10.0 Å². The summed E-state index contributed by atoms with van der Waals surface area (Å²) in [7, 11) is -1.92. The van der Waals surface area contributed by atoms with Crippen molar-refractivity contribution in [2.24, 2.45) is 0 Å². The van der Waals surface area contributed by atoms with E-state index < -0.39 is 10.0 Å². The van der Waals surface area contributed by atoms with Gasteiger partial charge in [-0.3, -0.25) is 0 Å². The molecule has 0 aromatic heterocycles. The highest BCUT2D eigenvalue weighted by Gasteiger charge is 2.24. The van der Waals surface area contributed by atoms with E-state index in [0.717, 1.165) is 5.56 Å². The van der Waals surface area contributed by atoms with Crippen LogP contribution in [0.1, 0.15) is 19.4 Å². The Kier molecular flexibility index (Phi) is 3.60. The molecule has 0 aliphatic heterocycles. The van der Waals surface area contributed by atoms with Crippen molar-refractivity contribution in [3.8, 4) is 0 Å². The van der Waals surface area contributed by atoms with E-state index in [0.29, 0.717) is 5.69 Å². The minimum Gasteiger partial charge on any atom is -0.398 e. The highest BCUT2D eigenvalue weighted by atomic mass is 32.2. The summed E-state index contributed by atoms with van der Waals surface area (Å²) < 4.78 is 25.6. The number of hydrogen-bond donors (Lipinski definition) is 1. The maximum atomic E-state index is 12.2. The molecule has 0 radical (unpaired) electrons. The second-order valence-electron chi connectivity index (χ2n) is 4.16. The van der Waals surface area contributed by atoms with Crippen molar-refractivity contribution in [2.75, 3.05) is 12.8 Å². The van der Waals surface area contributed by atoms with E-state index in [1.807, 2.05) is 20.8 Å². The van der Waals surface area contributed by atoms with Gasteiger partial charge in [0, 0.05) is 13.1 Å². The van der Waals surface area contributed by atoms with Crippen molar-refractivity contribution in [3.05, 3.63) is 23.8 Å². The summed E-state index contributed by atoms with van der Waals surface area (Å²) in [5.74, 6) is 0. The van der Waals surface area contributed by atoms with E-state index in [4.69, 9.17) is 5.73 Å². The molecule has 0 saturated heterocycles. The Morgan fingerprint density at radius 2 is 1.88 bits per heavy atom. The molecule has 90 valence electrons. The van der Waals surface area contributed by atoms with Crippen molar-refractivity contribution < 1.29 is 8.42 Å². The fourth-order valence-electron chi connectivity index (χ4n) is 1.34. The van der Waals surface area contributed by atoms with Crippen LogP contribution in [-0.4, -0.2) is 25.8 Å². The fourth-order valence-corrected chi connectivity index (χ4v) is 2.80. The summed E-state index contributed by atoms with van der Waals surface area (Å²) in [4.78, 5) is 0.175. The Bertz CT molecular complexity index is 481. The normalized spacial score (nSPS) is 12.4. The monoisotopic (exact) mass is 242 g/mol. The minimum absolute atomic E-state index is 0.0919. The van der Waals surface area contributed by atoms with Gasteiger partial charge in [0.25, 0.3) is 0 Å². The first-order valence-corrected chi connectivity index (χ1v) is 6.55. The molecule has 0 aliphatic rings. The lowest BCUT2D eigenvalue weighted by molar-refractivity contribution is 0.411. The Hall–Kier alpha value is -1.07. The highest BCUT2D eigenvalue weighted by molar-refractivity contribution is 7.89. The number of anilines is 1. The summed E-state index contributed by atoms with van der Waals surface area (Å²) in [5, 5.41) is 0. The molecule has 0 unspecified atom stereocenters. The number of nitrogen functional groups attached to an aromatic ring is 1. The second-order valence-corrected chi connectivity index (χ2v) is 6.12. The summed E-state index contributed by atoms with van der Waals surface area (Å²) >= 11 is 0. The molecular formula is C11H18N2O2S. The van der Waals surface area contributed by atoms with Gasteiger partial charge in [0.15, 0.2) is 0 Å². The molecule has 0 aliphatic carbocycles. The third kappa shape index (κ3) is 2.36. The Labute approximate surface area is 97.1 Å². The van der Waals surface area contributed by atoms with E-state index in [-0.39, 0.29) is 10.9 Å². The lowest BCUT2D eigenvalue weighted by Gasteiger charge is -2.21. The van der Waals surface area contributed by atoms with Gasteiger partial charge in [-0.15, -0.1) is 0 Å². The van der Waals surface area contributed by atoms with Crippen molar-refractivity contribution in [1.82, 2.24) is 4.31 Å². The lowest BCUT2D eigenvalue weighted by atomic mass is 10.2. The Balaban J connectivity index is 3.28. The van der Waals surface area contributed by atoms with Crippen molar-refractivity contribution in [2.45, 2.75) is 31.7 Å². The third-order valence-electron chi connectivity index (χ3n) is 2.55. The van der Waals surface area contributed by atoms with Crippen molar-refractivity contribution in [3.63, 3.8) is 0 Å². The zero-order chi connectivity index (χ0) is 12.5. The van der Waals surface area contributed by atoms with E-state index in [1.54, 1.807) is 25.2 Å². The molecule has 0 fully saturated rings. The molecule has 0 atom stereocenters. The van der Waals surface area contributed by atoms with Crippen LogP contribution >= 0.6 is 0 Å². The summed E-state index contributed by atoms with van der Waals surface area (Å²) in [6, 6.07) is 4.88. The van der Waals surface area contributed by atoms with Crippen LogP contribution in [0.4, 0.5) is 5.69 Å². The van der Waals surface area contributed by atoms with Crippen LogP contribution < -0.4 is 5.73 Å². The Morgan fingerprint density at radius 3 is 2.31 bits per heavy atom. The standard InChI is InChI=1S/C11H18N2O2S/c1-8(2)13(4)16(14,15)11-6-5-9(3)7-10(11)12/h5-8H,12H2,1-4H3. The number of aryl methyl sites for hydroxylation is 1. The van der Waals surface area contributed by atoms with Gasteiger partial charge in [0.2, 0.25) is 10.0 Å². The van der Waals surface area contributed by atoms with Crippen molar-refractivity contribution in [1.29, 1.82) is 0 Å². The molecule has 0 saturated carbocycles. The topological polar surface area (TPSA) is 63.4 Å². The van der Waals surface area contributed by atoms with Crippen LogP contribution in [0.2, 0.25) is 0 Å². The van der Waals surface area contributed by atoms with Gasteiger partial charge in [-0.1, -0.05) is 6.07 Å². The molecule has 2 N–H and O–H groups in total. The van der Waals surface area contributed by atoms with E-state index >= 15 is 0 Å². The predicted octanol–water partition coefficient (Wildman–Crippen LogP) is 1.61. The van der Waals surface area contributed by atoms with Crippen molar-refractivity contribution >= 4 is 15.7 Å². The molecule has 0 spiro atoms. The molecule has 1 aromatic carbocycles. The van der Waals surface area contributed by atoms with Gasteiger partial charge < -0.3 is 5.73 Å². The number of nitrogens with zero attached hydrogens (tertiary/aromatic N) is 1. The van der Waals surface area contributed by atoms with Crippen LogP contribution in [0, 0.1) is 6.92 Å². The summed E-state index contributed by atoms with van der Waals surface area (Å²) in [5.41, 5.74) is 6.99. The molecule has 4 nitrogen and oxygen atoms in total. The fraction of sp³-hybridized carbons (Fsp3) is 0.455. The third-order valence-corrected chi connectivity index (χ3v) is 4.66. The SMILES string of the molecule is Cc1ccc(S(=O)(=O)N(C)C(C)C)c(N)c1. The van der Waals surface area contributed by atoms with Gasteiger partial charge in [0.05, 0.1) is 5.69 Å². The molecule has 0 amide bonds. The zero-order valence-corrected chi connectivity index (χ0v) is 10.9. The molecule has 1 rings (SSSR count). The van der Waals surface area contributed by atoms with E-state index in [1.165, 1.54) is 4.31 Å². The van der Waals surface area contributed by atoms with E-state index in [2.05, 4.69) is 0 Å². The van der Waals surface area contributed by atoms with Gasteiger partial charge >= 0.3 is 0 Å². The number of benzene rings is 1. The number of nitrogens with two attached hydrogens (primary N) is 1. The number of hydrogen-bond acceptors (Lipinski definition) is 3. The smallest absolute Gasteiger partial charge is 0.245 e. The first kappa shape index (κ1) is 13.0. The number of rotatable bonds is 3. The lowest BCUT2D eigenvalue weighted by Crippen LogP contribution is -2.33. The van der Waals surface area contributed by atoms with Gasteiger partial charge in [-0.2, -0.15) is 4.31 Å². The predicted molar refractivity (Wildman–Crippen MR) is 65.7 cm³/mol. The highest BCUT2D eigenvalue weighted by Crippen LogP contribution is 2.23. The van der Waals surface area contributed by atoms with E-state index in [9.17, 15) is 8.42 Å². The Morgan fingerprint density at radius 1 is 1.31 bits per heavy atom. The summed E-state index contributed by atoms with van der Waals surface area (Å²) in [6.07, 6.45) is 0. The first-order valence-electron chi connectivity index (χ1n) is 5.11.